The van der Waals surface area contributed by atoms with Gasteiger partial charge in [0, 0.05) is 67.0 Å². The first-order chi connectivity index (χ1) is 35.6. The molecule has 16 nitrogen and oxygen atoms in total. The molecule has 1 saturated heterocycles. The second-order valence-electron chi connectivity index (χ2n) is 19.4. The molecule has 6 rings (SSSR count). The highest BCUT2D eigenvalue weighted by Gasteiger charge is 2.41. The number of methoxy groups -OCH3 is 1. The third-order valence-corrected chi connectivity index (χ3v) is 12.9. The quantitative estimate of drug-likeness (QED) is 0.0313. The van der Waals surface area contributed by atoms with Crippen molar-refractivity contribution >= 4 is 46.6 Å². The van der Waals surface area contributed by atoms with Crippen LogP contribution in [0, 0.1) is 22.7 Å². The van der Waals surface area contributed by atoms with Gasteiger partial charge in [-0.1, -0.05) is 68.8 Å². The number of hydrogen-bond donors (Lipinski definition) is 3. The van der Waals surface area contributed by atoms with Crippen molar-refractivity contribution in [2.75, 3.05) is 110 Å². The number of rotatable bonds is 26. The second-order valence-corrected chi connectivity index (χ2v) is 19.8. The topological polar surface area (TPSA) is 190 Å². The monoisotopic (exact) mass is 1030 g/mol. The Balaban J connectivity index is 0.784. The fourth-order valence-electron chi connectivity index (χ4n) is 9.09. The molecule has 0 unspecified atom stereocenters. The van der Waals surface area contributed by atoms with E-state index >= 15 is 0 Å². The van der Waals surface area contributed by atoms with Crippen molar-refractivity contribution in [2.45, 2.75) is 59.0 Å². The molecule has 74 heavy (non-hydrogen) atoms. The van der Waals surface area contributed by atoms with Crippen molar-refractivity contribution in [3.05, 3.63) is 124 Å². The molecule has 0 aliphatic carbocycles. The lowest BCUT2D eigenvalue weighted by Crippen LogP contribution is -2.43. The third-order valence-electron chi connectivity index (χ3n) is 12.7. The lowest BCUT2D eigenvalue weighted by Gasteiger charge is -2.39. The van der Waals surface area contributed by atoms with E-state index in [0.29, 0.717) is 102 Å². The number of ether oxygens (including phenoxy) is 6. The van der Waals surface area contributed by atoms with E-state index in [2.05, 4.69) is 35.0 Å². The summed E-state index contributed by atoms with van der Waals surface area (Å²) in [6.45, 7) is 14.3. The van der Waals surface area contributed by atoms with Crippen LogP contribution in [0.4, 0.5) is 11.4 Å². The van der Waals surface area contributed by atoms with Crippen LogP contribution >= 0.6 is 11.6 Å². The van der Waals surface area contributed by atoms with Gasteiger partial charge in [-0.15, -0.1) is 0 Å². The molecule has 4 aromatic carbocycles. The van der Waals surface area contributed by atoms with E-state index in [-0.39, 0.29) is 59.2 Å². The summed E-state index contributed by atoms with van der Waals surface area (Å²) in [6.07, 6.45) is 2.41. The number of fused-ring (bicyclic) bond motifs is 1. The summed E-state index contributed by atoms with van der Waals surface area (Å²) in [5, 5.41) is 19.9. The fourth-order valence-corrected chi connectivity index (χ4v) is 9.21. The Kier molecular flexibility index (Phi) is 21.8. The van der Waals surface area contributed by atoms with Crippen LogP contribution in [0.5, 0.6) is 5.75 Å². The molecule has 0 spiro atoms. The SMILES string of the molecule is COc1ccc([C@@H]2CN(C(=O)/C(C#N)=C/C(C)(C)C)C[C@H]2C(=O)NCCOCCOCCOCCOCCOCCNC(=O)c2ccc(-c3ccc4c(c3)[C@H](Nc3ccc(Cl)cc3)C[C@H](C)N4C(C)=O)cc2)cc1. The van der Waals surface area contributed by atoms with Crippen molar-refractivity contribution < 1.29 is 47.6 Å². The second kappa shape index (κ2) is 28.4. The lowest BCUT2D eigenvalue weighted by atomic mass is 9.88. The summed E-state index contributed by atoms with van der Waals surface area (Å²) >= 11 is 6.13. The number of carbonyl (C=O) groups excluding carboxylic acids is 4. The van der Waals surface area contributed by atoms with Crippen LogP contribution in [-0.2, 0) is 38.1 Å². The van der Waals surface area contributed by atoms with Crippen molar-refractivity contribution in [2.24, 2.45) is 11.3 Å². The van der Waals surface area contributed by atoms with Gasteiger partial charge >= 0.3 is 0 Å². The van der Waals surface area contributed by atoms with Crippen LogP contribution in [0.25, 0.3) is 11.1 Å². The summed E-state index contributed by atoms with van der Waals surface area (Å²) < 4.78 is 33.4. The highest BCUT2D eigenvalue weighted by molar-refractivity contribution is 6.30. The summed E-state index contributed by atoms with van der Waals surface area (Å²) in [6, 6.07) is 30.8. The molecule has 1 fully saturated rings. The number of carbonyl (C=O) groups is 4. The lowest BCUT2D eigenvalue weighted by molar-refractivity contribution is -0.127. The zero-order valence-electron chi connectivity index (χ0n) is 43.5. The minimum absolute atomic E-state index is 0.00114. The first-order valence-corrected chi connectivity index (χ1v) is 25.6. The molecule has 4 atom stereocenters. The van der Waals surface area contributed by atoms with E-state index in [1.165, 1.54) is 0 Å². The number of anilines is 2. The van der Waals surface area contributed by atoms with Crippen LogP contribution in [0.3, 0.4) is 0 Å². The van der Waals surface area contributed by atoms with Crippen LogP contribution in [0.2, 0.25) is 5.02 Å². The molecule has 4 aromatic rings. The van der Waals surface area contributed by atoms with Gasteiger partial charge in [-0.2, -0.15) is 5.26 Å². The maximum Gasteiger partial charge on any atom is 0.264 e. The molecular formula is C57H71ClN6O10. The molecule has 0 saturated carbocycles. The van der Waals surface area contributed by atoms with Gasteiger partial charge in [0.2, 0.25) is 11.8 Å². The number of hydrogen-bond acceptors (Lipinski definition) is 12. The van der Waals surface area contributed by atoms with Gasteiger partial charge in [0.15, 0.2) is 0 Å². The van der Waals surface area contributed by atoms with Crippen molar-refractivity contribution in [3.63, 3.8) is 0 Å². The predicted octanol–water partition coefficient (Wildman–Crippen LogP) is 7.98. The zero-order chi connectivity index (χ0) is 53.0. The number of nitriles is 1. The summed E-state index contributed by atoms with van der Waals surface area (Å²) in [5.74, 6) is -0.813. The Hall–Kier alpha value is -6.32. The van der Waals surface area contributed by atoms with Gasteiger partial charge in [0.05, 0.1) is 85.1 Å². The molecular weight excluding hydrogens is 964 g/mol. The molecule has 0 aromatic heterocycles. The number of nitrogens with one attached hydrogen (secondary N) is 3. The van der Waals surface area contributed by atoms with Gasteiger partial charge in [-0.3, -0.25) is 19.2 Å². The van der Waals surface area contributed by atoms with E-state index in [0.717, 1.165) is 40.0 Å². The number of nitrogens with zero attached hydrogens (tertiary/aromatic N) is 3. The molecule has 0 radical (unpaired) electrons. The summed E-state index contributed by atoms with van der Waals surface area (Å²) in [7, 11) is 1.59. The maximum atomic E-state index is 13.5. The number of benzene rings is 4. The summed E-state index contributed by atoms with van der Waals surface area (Å²) in [4.78, 5) is 55.9. The Morgan fingerprint density at radius 2 is 1.31 bits per heavy atom. The standard InChI is InChI=1S/C57H71ClN6O10/c1-39-33-52(62-47-16-14-46(58)15-17-47)49-34-44(13-20-53(49)64(39)40(2)65)41-7-9-43(10-8-41)54(66)60-21-23-70-25-27-72-29-31-74-32-30-73-28-26-71-24-22-61-55(67)51-38-63(56(68)45(36-59)35-57(3,4)5)37-50(51)42-11-18-48(69-6)19-12-42/h7-20,34-35,39,50-52,62H,21-33,37-38H2,1-6H3,(H,60,66)(H,61,67)/b45-35+/t39-,50-,51+,52+/m0/s1. The molecule has 4 amide bonds. The number of likely N-dealkylation sites (tertiary alicyclic amines) is 1. The van der Waals surface area contributed by atoms with Gasteiger partial charge in [0.25, 0.3) is 11.8 Å². The van der Waals surface area contributed by atoms with E-state index < -0.39 is 5.92 Å². The summed E-state index contributed by atoms with van der Waals surface area (Å²) in [5.41, 5.74) is 5.97. The highest BCUT2D eigenvalue weighted by atomic mass is 35.5. The number of allylic oxidation sites excluding steroid dienone is 1. The first kappa shape index (κ1) is 57.0. The average molecular weight is 1040 g/mol. The van der Waals surface area contributed by atoms with Gasteiger partial charge < -0.3 is 54.2 Å². The molecule has 2 aliphatic heterocycles. The van der Waals surface area contributed by atoms with Crippen molar-refractivity contribution in [1.29, 1.82) is 5.26 Å². The minimum atomic E-state index is -0.503. The van der Waals surface area contributed by atoms with Crippen molar-refractivity contribution in [1.82, 2.24) is 15.5 Å². The Labute approximate surface area is 440 Å². The Morgan fingerprint density at radius 3 is 1.86 bits per heavy atom. The van der Waals surface area contributed by atoms with Gasteiger partial charge in [-0.25, -0.2) is 0 Å². The van der Waals surface area contributed by atoms with E-state index in [1.807, 2.05) is 98.5 Å². The van der Waals surface area contributed by atoms with E-state index in [9.17, 15) is 24.4 Å². The Morgan fingerprint density at radius 1 is 0.743 bits per heavy atom. The fraction of sp³-hybridized carbons (Fsp3) is 0.456. The number of halogens is 1. The number of amides is 4. The largest absolute Gasteiger partial charge is 0.497 e. The molecule has 3 N–H and O–H groups in total. The highest BCUT2D eigenvalue weighted by Crippen LogP contribution is 2.41. The molecule has 2 heterocycles. The van der Waals surface area contributed by atoms with E-state index in [1.54, 1.807) is 37.1 Å². The maximum absolute atomic E-state index is 13.5. The van der Waals surface area contributed by atoms with Crippen LogP contribution < -0.4 is 25.6 Å². The predicted molar refractivity (Wildman–Crippen MR) is 285 cm³/mol. The minimum Gasteiger partial charge on any atom is -0.497 e. The molecule has 0 bridgehead atoms. The van der Waals surface area contributed by atoms with Crippen molar-refractivity contribution in [3.8, 4) is 22.9 Å². The van der Waals surface area contributed by atoms with Gasteiger partial charge in [-0.05, 0) is 102 Å². The zero-order valence-corrected chi connectivity index (χ0v) is 44.2. The third kappa shape index (κ3) is 16.9. The molecule has 17 heteroatoms. The molecule has 396 valence electrons. The van der Waals surface area contributed by atoms with Crippen LogP contribution in [-0.4, -0.2) is 134 Å². The average Bonchev–Trinajstić information content (AvgIpc) is 3.84. The van der Waals surface area contributed by atoms with Gasteiger partial charge in [0.1, 0.15) is 17.4 Å². The van der Waals surface area contributed by atoms with Crippen LogP contribution in [0.1, 0.15) is 74.5 Å². The Bertz CT molecular complexity index is 2550. The smallest absolute Gasteiger partial charge is 0.264 e. The van der Waals surface area contributed by atoms with E-state index in [4.69, 9.17) is 40.0 Å². The normalized spacial score (nSPS) is 17.6. The van der Waals surface area contributed by atoms with Crippen LogP contribution in [0.15, 0.2) is 103 Å². The first-order valence-electron chi connectivity index (χ1n) is 25.2. The molecule has 2 aliphatic rings.